The van der Waals surface area contributed by atoms with Crippen LogP contribution in [0.3, 0.4) is 0 Å². The first-order chi connectivity index (χ1) is 10.6. The van der Waals surface area contributed by atoms with Gasteiger partial charge in [0.25, 0.3) is 0 Å². The summed E-state index contributed by atoms with van der Waals surface area (Å²) < 4.78 is 0. The van der Waals surface area contributed by atoms with E-state index in [1.807, 2.05) is 26.0 Å². The molecule has 0 radical (unpaired) electrons. The predicted molar refractivity (Wildman–Crippen MR) is 90.0 cm³/mol. The van der Waals surface area contributed by atoms with Gasteiger partial charge in [0, 0.05) is 6.04 Å². The fraction of sp³-hybridized carbons (Fsp3) is 0.368. The number of phenols is 1. The van der Waals surface area contributed by atoms with Crippen LogP contribution in [0.2, 0.25) is 0 Å². The Morgan fingerprint density at radius 1 is 1.09 bits per heavy atom. The number of aliphatic hydroxyl groups excluding tert-OH is 1. The minimum atomic E-state index is -0.573. The third-order valence-corrected chi connectivity index (χ3v) is 3.99. The molecule has 0 aliphatic heterocycles. The first-order valence-corrected chi connectivity index (χ1v) is 7.83. The maximum Gasteiger partial charge on any atom is 0.118 e. The molecule has 2 atom stereocenters. The molecular formula is C19H25NO2. The van der Waals surface area contributed by atoms with Crippen molar-refractivity contribution in [1.82, 2.24) is 5.32 Å². The quantitative estimate of drug-likeness (QED) is 0.687. The summed E-state index contributed by atoms with van der Waals surface area (Å²) in [4.78, 5) is 0. The number of hydrogen-bond acceptors (Lipinski definition) is 3. The molecule has 2 aromatic carbocycles. The number of hydrogen-bond donors (Lipinski definition) is 3. The number of aliphatic hydroxyl groups is 1. The van der Waals surface area contributed by atoms with E-state index in [-0.39, 0.29) is 11.8 Å². The molecule has 3 heteroatoms. The topological polar surface area (TPSA) is 52.5 Å². The fourth-order valence-corrected chi connectivity index (χ4v) is 2.53. The largest absolute Gasteiger partial charge is 0.508 e. The average molecular weight is 299 g/mol. The maximum absolute atomic E-state index is 10.4. The van der Waals surface area contributed by atoms with Crippen molar-refractivity contribution in [3.8, 4) is 5.75 Å². The fourth-order valence-electron chi connectivity index (χ4n) is 2.53. The lowest BCUT2D eigenvalue weighted by molar-refractivity contribution is 0.136. The van der Waals surface area contributed by atoms with E-state index >= 15 is 0 Å². The monoisotopic (exact) mass is 299 g/mol. The van der Waals surface area contributed by atoms with Crippen LogP contribution in [0.25, 0.3) is 0 Å². The van der Waals surface area contributed by atoms with Crippen LogP contribution >= 0.6 is 0 Å². The van der Waals surface area contributed by atoms with E-state index in [9.17, 15) is 10.2 Å². The Kier molecular flexibility index (Phi) is 5.99. The van der Waals surface area contributed by atoms with E-state index in [1.54, 1.807) is 12.1 Å². The van der Waals surface area contributed by atoms with Crippen LogP contribution in [0.1, 0.15) is 36.1 Å². The van der Waals surface area contributed by atoms with Gasteiger partial charge in [-0.1, -0.05) is 36.4 Å². The van der Waals surface area contributed by atoms with E-state index in [0.29, 0.717) is 0 Å². The third kappa shape index (κ3) is 4.58. The van der Waals surface area contributed by atoms with Crippen LogP contribution in [-0.2, 0) is 6.42 Å². The molecule has 3 N–H and O–H groups in total. The van der Waals surface area contributed by atoms with Crippen LogP contribution in [-0.4, -0.2) is 22.8 Å². The predicted octanol–water partition coefficient (Wildman–Crippen LogP) is 3.34. The summed E-state index contributed by atoms with van der Waals surface area (Å²) in [5.74, 6) is 0.263. The van der Waals surface area contributed by atoms with Crippen molar-refractivity contribution in [2.24, 2.45) is 0 Å². The van der Waals surface area contributed by atoms with Crippen LogP contribution in [0.4, 0.5) is 0 Å². The molecule has 2 unspecified atom stereocenters. The summed E-state index contributed by atoms with van der Waals surface area (Å²) >= 11 is 0. The van der Waals surface area contributed by atoms with E-state index in [1.165, 1.54) is 5.56 Å². The molecular weight excluding hydrogens is 274 g/mol. The minimum absolute atomic E-state index is 0.0280. The molecule has 2 rings (SSSR count). The number of phenolic OH excluding ortho intramolecular Hbond substituents is 1. The molecule has 118 valence electrons. The molecule has 0 saturated heterocycles. The Morgan fingerprint density at radius 2 is 1.82 bits per heavy atom. The van der Waals surface area contributed by atoms with Gasteiger partial charge in [0.15, 0.2) is 0 Å². The number of rotatable bonds is 7. The molecule has 0 saturated carbocycles. The van der Waals surface area contributed by atoms with Crippen molar-refractivity contribution in [2.75, 3.05) is 6.54 Å². The summed E-state index contributed by atoms with van der Waals surface area (Å²) in [6.45, 7) is 4.68. The first-order valence-electron chi connectivity index (χ1n) is 7.83. The molecule has 22 heavy (non-hydrogen) atoms. The second-order valence-electron chi connectivity index (χ2n) is 5.82. The van der Waals surface area contributed by atoms with Crippen molar-refractivity contribution < 1.29 is 10.2 Å². The Morgan fingerprint density at radius 3 is 2.50 bits per heavy atom. The molecule has 0 heterocycles. The van der Waals surface area contributed by atoms with Gasteiger partial charge in [-0.05, 0) is 62.1 Å². The van der Waals surface area contributed by atoms with Crippen molar-refractivity contribution in [3.63, 3.8) is 0 Å². The lowest BCUT2D eigenvalue weighted by Crippen LogP contribution is -2.33. The van der Waals surface area contributed by atoms with Crippen LogP contribution in [0.15, 0.2) is 48.5 Å². The van der Waals surface area contributed by atoms with Gasteiger partial charge in [-0.3, -0.25) is 0 Å². The van der Waals surface area contributed by atoms with Gasteiger partial charge in [-0.15, -0.1) is 0 Å². The zero-order valence-electron chi connectivity index (χ0n) is 13.3. The highest BCUT2D eigenvalue weighted by atomic mass is 16.3. The minimum Gasteiger partial charge on any atom is -0.508 e. The van der Waals surface area contributed by atoms with Crippen LogP contribution < -0.4 is 5.32 Å². The molecule has 0 spiro atoms. The van der Waals surface area contributed by atoms with Gasteiger partial charge in [-0.2, -0.15) is 0 Å². The maximum atomic E-state index is 10.4. The van der Waals surface area contributed by atoms with Crippen molar-refractivity contribution >= 4 is 0 Å². The number of benzene rings is 2. The van der Waals surface area contributed by atoms with Gasteiger partial charge < -0.3 is 15.5 Å². The van der Waals surface area contributed by atoms with Crippen molar-refractivity contribution in [3.05, 3.63) is 65.2 Å². The second-order valence-corrected chi connectivity index (χ2v) is 5.82. The molecule has 3 nitrogen and oxygen atoms in total. The summed E-state index contributed by atoms with van der Waals surface area (Å²) in [5.41, 5.74) is 2.96. The molecule has 0 aliphatic carbocycles. The van der Waals surface area contributed by atoms with Gasteiger partial charge in [0.1, 0.15) is 5.75 Å². The highest BCUT2D eigenvalue weighted by Gasteiger charge is 2.16. The zero-order valence-corrected chi connectivity index (χ0v) is 13.3. The van der Waals surface area contributed by atoms with Crippen molar-refractivity contribution in [1.29, 1.82) is 0 Å². The second kappa shape index (κ2) is 7.97. The van der Waals surface area contributed by atoms with Gasteiger partial charge in [-0.25, -0.2) is 0 Å². The standard InChI is InChI=1S/C19H25NO2/c1-14-13-17(10-11-18(14)21)19(22)15(2)20-12-6-9-16-7-4-3-5-8-16/h3-5,7-8,10-11,13,15,19-22H,6,9,12H2,1-2H3. The molecule has 0 bridgehead atoms. The summed E-state index contributed by atoms with van der Waals surface area (Å²) in [6.07, 6.45) is 1.50. The first kappa shape index (κ1) is 16.5. The Labute approximate surface area is 132 Å². The van der Waals surface area contributed by atoms with E-state index in [2.05, 4.69) is 29.6 Å². The highest BCUT2D eigenvalue weighted by molar-refractivity contribution is 5.36. The highest BCUT2D eigenvalue weighted by Crippen LogP contribution is 2.23. The number of aryl methyl sites for hydroxylation is 2. The number of aromatic hydroxyl groups is 1. The van der Waals surface area contributed by atoms with Gasteiger partial charge in [0.2, 0.25) is 0 Å². The van der Waals surface area contributed by atoms with Gasteiger partial charge in [0.05, 0.1) is 6.10 Å². The third-order valence-electron chi connectivity index (χ3n) is 3.99. The van der Waals surface area contributed by atoms with E-state index in [4.69, 9.17) is 0 Å². The summed E-state index contributed by atoms with van der Waals surface area (Å²) in [5, 5.41) is 23.3. The van der Waals surface area contributed by atoms with Crippen molar-refractivity contribution in [2.45, 2.75) is 38.8 Å². The van der Waals surface area contributed by atoms with Gasteiger partial charge >= 0.3 is 0 Å². The van der Waals surface area contributed by atoms with E-state index in [0.717, 1.165) is 30.5 Å². The lowest BCUT2D eigenvalue weighted by Gasteiger charge is -2.21. The summed E-state index contributed by atoms with van der Waals surface area (Å²) in [6, 6.07) is 15.6. The Bertz CT molecular complexity index is 583. The SMILES string of the molecule is Cc1cc(C(O)C(C)NCCCc2ccccc2)ccc1O. The molecule has 0 aliphatic rings. The van der Waals surface area contributed by atoms with E-state index < -0.39 is 6.10 Å². The lowest BCUT2D eigenvalue weighted by atomic mass is 10.0. The normalized spacial score (nSPS) is 13.8. The summed E-state index contributed by atoms with van der Waals surface area (Å²) in [7, 11) is 0. The van der Waals surface area contributed by atoms with Crippen LogP contribution in [0.5, 0.6) is 5.75 Å². The Balaban J connectivity index is 1.78. The van der Waals surface area contributed by atoms with Crippen LogP contribution in [0, 0.1) is 6.92 Å². The number of nitrogens with one attached hydrogen (secondary N) is 1. The Hall–Kier alpha value is -1.84. The molecule has 0 aromatic heterocycles. The average Bonchev–Trinajstić information content (AvgIpc) is 2.54. The molecule has 0 amide bonds. The smallest absolute Gasteiger partial charge is 0.118 e. The molecule has 0 fully saturated rings. The zero-order chi connectivity index (χ0) is 15.9. The molecule has 2 aromatic rings.